The predicted octanol–water partition coefficient (Wildman–Crippen LogP) is 1.70. The summed E-state index contributed by atoms with van der Waals surface area (Å²) in [6, 6.07) is 6.73. The second kappa shape index (κ2) is 5.85. The van der Waals surface area contributed by atoms with Crippen LogP contribution in [0.2, 0.25) is 0 Å². The third-order valence-corrected chi connectivity index (χ3v) is 5.16. The lowest BCUT2D eigenvalue weighted by Gasteiger charge is -2.08. The monoisotopic (exact) mass is 343 g/mol. The Kier molecular flexibility index (Phi) is 4.38. The molecule has 5 nitrogen and oxygen atoms in total. The molecule has 0 bridgehead atoms. The van der Waals surface area contributed by atoms with Crippen molar-refractivity contribution in [2.24, 2.45) is 7.05 Å². The summed E-state index contributed by atoms with van der Waals surface area (Å²) < 4.78 is 29.2. The van der Waals surface area contributed by atoms with Gasteiger partial charge in [-0.15, -0.1) is 0 Å². The van der Waals surface area contributed by atoms with E-state index >= 15 is 0 Å². The summed E-state index contributed by atoms with van der Waals surface area (Å²) in [5.74, 6) is 0.842. The van der Waals surface area contributed by atoms with Crippen molar-refractivity contribution < 1.29 is 8.42 Å². The number of nitrogens with zero attached hydrogens (tertiary/aromatic N) is 2. The van der Waals surface area contributed by atoms with Crippen LogP contribution in [0.25, 0.3) is 0 Å². The van der Waals surface area contributed by atoms with E-state index in [1.165, 1.54) is 0 Å². The van der Waals surface area contributed by atoms with Crippen molar-refractivity contribution in [2.75, 3.05) is 6.54 Å². The zero-order valence-corrected chi connectivity index (χ0v) is 12.8. The molecular formula is C12H14BrN3O2S. The van der Waals surface area contributed by atoms with Gasteiger partial charge in [0.05, 0.1) is 4.90 Å². The molecule has 0 amide bonds. The molecule has 19 heavy (non-hydrogen) atoms. The normalized spacial score (nSPS) is 11.7. The molecule has 1 aromatic carbocycles. The van der Waals surface area contributed by atoms with Crippen LogP contribution in [0, 0.1) is 0 Å². The lowest BCUT2D eigenvalue weighted by molar-refractivity contribution is 0.579. The van der Waals surface area contributed by atoms with Crippen LogP contribution in [0.1, 0.15) is 5.82 Å². The summed E-state index contributed by atoms with van der Waals surface area (Å²) in [6.45, 7) is 0.314. The second-order valence-corrected chi connectivity index (χ2v) is 6.62. The third-order valence-electron chi connectivity index (χ3n) is 2.69. The van der Waals surface area contributed by atoms with E-state index in [1.54, 1.807) is 30.5 Å². The maximum atomic E-state index is 12.1. The zero-order valence-electron chi connectivity index (χ0n) is 10.4. The summed E-state index contributed by atoms with van der Waals surface area (Å²) in [5, 5.41) is 0. The molecule has 0 saturated heterocycles. The number of nitrogens with one attached hydrogen (secondary N) is 1. The van der Waals surface area contributed by atoms with E-state index in [2.05, 4.69) is 25.6 Å². The molecule has 0 saturated carbocycles. The Labute approximate surface area is 120 Å². The van der Waals surface area contributed by atoms with Gasteiger partial charge < -0.3 is 4.57 Å². The molecule has 0 atom stereocenters. The first kappa shape index (κ1) is 14.2. The molecule has 0 aliphatic carbocycles. The van der Waals surface area contributed by atoms with Crippen LogP contribution in [-0.4, -0.2) is 24.5 Å². The fourth-order valence-corrected chi connectivity index (χ4v) is 3.71. The fraction of sp³-hybridized carbons (Fsp3) is 0.250. The quantitative estimate of drug-likeness (QED) is 0.898. The largest absolute Gasteiger partial charge is 0.338 e. The minimum atomic E-state index is -3.49. The van der Waals surface area contributed by atoms with Crippen LogP contribution in [0.5, 0.6) is 0 Å². The molecule has 0 aliphatic rings. The molecule has 7 heteroatoms. The molecule has 1 N–H and O–H groups in total. The van der Waals surface area contributed by atoms with Gasteiger partial charge in [0.2, 0.25) is 10.0 Å². The van der Waals surface area contributed by atoms with Crippen molar-refractivity contribution in [1.82, 2.24) is 14.3 Å². The number of hydrogen-bond donors (Lipinski definition) is 1. The molecule has 2 rings (SSSR count). The van der Waals surface area contributed by atoms with E-state index in [-0.39, 0.29) is 4.90 Å². The number of benzene rings is 1. The van der Waals surface area contributed by atoms with Gasteiger partial charge in [0.1, 0.15) is 5.82 Å². The molecule has 1 heterocycles. The number of rotatable bonds is 5. The van der Waals surface area contributed by atoms with Crippen LogP contribution in [0.4, 0.5) is 0 Å². The van der Waals surface area contributed by atoms with Crippen LogP contribution in [-0.2, 0) is 23.5 Å². The van der Waals surface area contributed by atoms with E-state index in [0.717, 1.165) is 5.82 Å². The number of aromatic nitrogens is 2. The maximum Gasteiger partial charge on any atom is 0.241 e. The standard InChI is InChI=1S/C12H14BrN3O2S/c1-16-9-8-14-12(16)6-7-15-19(17,18)11-5-3-2-4-10(11)13/h2-5,8-9,15H,6-7H2,1H3. The molecule has 0 radical (unpaired) electrons. The van der Waals surface area contributed by atoms with Crippen LogP contribution in [0.15, 0.2) is 46.0 Å². The van der Waals surface area contributed by atoms with Crippen LogP contribution < -0.4 is 4.72 Å². The highest BCUT2D eigenvalue weighted by atomic mass is 79.9. The van der Waals surface area contributed by atoms with Gasteiger partial charge in [0.15, 0.2) is 0 Å². The maximum absolute atomic E-state index is 12.1. The first-order chi connectivity index (χ1) is 9.00. The lowest BCUT2D eigenvalue weighted by atomic mass is 10.4. The molecule has 0 aliphatic heterocycles. The Balaban J connectivity index is 2.03. The van der Waals surface area contributed by atoms with Crippen molar-refractivity contribution in [3.63, 3.8) is 0 Å². The average Bonchev–Trinajstić information content (AvgIpc) is 2.75. The third kappa shape index (κ3) is 3.43. The number of imidazole rings is 1. The topological polar surface area (TPSA) is 64.0 Å². The van der Waals surface area contributed by atoms with E-state index in [0.29, 0.717) is 17.4 Å². The first-order valence-corrected chi connectivity index (χ1v) is 7.99. The molecule has 1 aromatic heterocycles. The molecule has 0 spiro atoms. The molecule has 2 aromatic rings. The zero-order chi connectivity index (χ0) is 13.9. The summed E-state index contributed by atoms with van der Waals surface area (Å²) in [7, 11) is -1.61. The van der Waals surface area contributed by atoms with Gasteiger partial charge in [-0.25, -0.2) is 18.1 Å². The Hall–Kier alpha value is -1.18. The van der Waals surface area contributed by atoms with Crippen LogP contribution in [0.3, 0.4) is 0 Å². The van der Waals surface area contributed by atoms with Crippen molar-refractivity contribution in [2.45, 2.75) is 11.3 Å². The Bertz CT molecular complexity index is 667. The van der Waals surface area contributed by atoms with Gasteiger partial charge >= 0.3 is 0 Å². The van der Waals surface area contributed by atoms with E-state index < -0.39 is 10.0 Å². The fourth-order valence-electron chi connectivity index (χ4n) is 1.67. The van der Waals surface area contributed by atoms with Crippen molar-refractivity contribution in [3.8, 4) is 0 Å². The van der Waals surface area contributed by atoms with Gasteiger partial charge in [-0.1, -0.05) is 12.1 Å². The highest BCUT2D eigenvalue weighted by Gasteiger charge is 2.16. The van der Waals surface area contributed by atoms with Gasteiger partial charge in [-0.05, 0) is 28.1 Å². The van der Waals surface area contributed by atoms with E-state index in [4.69, 9.17) is 0 Å². The van der Waals surface area contributed by atoms with Gasteiger partial charge in [-0.3, -0.25) is 0 Å². The predicted molar refractivity (Wildman–Crippen MR) is 76.2 cm³/mol. The summed E-state index contributed by atoms with van der Waals surface area (Å²) in [4.78, 5) is 4.39. The van der Waals surface area contributed by atoms with Crippen molar-refractivity contribution >= 4 is 26.0 Å². The minimum absolute atomic E-state index is 0.245. The molecule has 102 valence electrons. The summed E-state index contributed by atoms with van der Waals surface area (Å²) >= 11 is 3.24. The highest BCUT2D eigenvalue weighted by Crippen LogP contribution is 2.20. The highest BCUT2D eigenvalue weighted by molar-refractivity contribution is 9.10. The van der Waals surface area contributed by atoms with E-state index in [9.17, 15) is 8.42 Å². The molecular weight excluding hydrogens is 330 g/mol. The number of aryl methyl sites for hydroxylation is 1. The molecule has 0 fully saturated rings. The van der Waals surface area contributed by atoms with E-state index in [1.807, 2.05) is 17.8 Å². The second-order valence-electron chi connectivity index (χ2n) is 4.03. The Morgan fingerprint density at radius 1 is 1.37 bits per heavy atom. The van der Waals surface area contributed by atoms with Crippen LogP contribution >= 0.6 is 15.9 Å². The van der Waals surface area contributed by atoms with Gasteiger partial charge in [0.25, 0.3) is 0 Å². The number of halogens is 1. The van der Waals surface area contributed by atoms with Gasteiger partial charge in [0, 0.05) is 36.9 Å². The first-order valence-electron chi connectivity index (χ1n) is 5.71. The SMILES string of the molecule is Cn1ccnc1CCNS(=O)(=O)c1ccccc1Br. The number of hydrogen-bond acceptors (Lipinski definition) is 3. The Morgan fingerprint density at radius 2 is 2.11 bits per heavy atom. The summed E-state index contributed by atoms with van der Waals surface area (Å²) in [5.41, 5.74) is 0. The Morgan fingerprint density at radius 3 is 2.74 bits per heavy atom. The number of sulfonamides is 1. The smallest absolute Gasteiger partial charge is 0.241 e. The molecule has 0 unspecified atom stereocenters. The minimum Gasteiger partial charge on any atom is -0.338 e. The average molecular weight is 344 g/mol. The van der Waals surface area contributed by atoms with Gasteiger partial charge in [-0.2, -0.15) is 0 Å². The lowest BCUT2D eigenvalue weighted by Crippen LogP contribution is -2.26. The van der Waals surface area contributed by atoms with Crippen molar-refractivity contribution in [3.05, 3.63) is 47.0 Å². The van der Waals surface area contributed by atoms with Crippen molar-refractivity contribution in [1.29, 1.82) is 0 Å². The summed E-state index contributed by atoms with van der Waals surface area (Å²) in [6.07, 6.45) is 4.07.